The number of methoxy groups -OCH3 is 1. The molecule has 0 aromatic carbocycles. The number of rotatable bonds is 6. The minimum atomic E-state index is -0.395. The van der Waals surface area contributed by atoms with E-state index in [0.717, 1.165) is 25.9 Å². The van der Waals surface area contributed by atoms with Gasteiger partial charge in [-0.05, 0) is 18.9 Å². The van der Waals surface area contributed by atoms with E-state index in [1.54, 1.807) is 7.11 Å². The van der Waals surface area contributed by atoms with Gasteiger partial charge >= 0.3 is 0 Å². The van der Waals surface area contributed by atoms with Crippen LogP contribution in [0.15, 0.2) is 12.2 Å². The van der Waals surface area contributed by atoms with Crippen molar-refractivity contribution in [2.75, 3.05) is 13.7 Å². The third kappa shape index (κ3) is 3.12. The monoisotopic (exact) mass is 184 g/mol. The van der Waals surface area contributed by atoms with Gasteiger partial charge in [0.05, 0.1) is 6.61 Å². The highest BCUT2D eigenvalue weighted by Crippen LogP contribution is 2.27. The van der Waals surface area contributed by atoms with Gasteiger partial charge in [-0.2, -0.15) is 0 Å². The van der Waals surface area contributed by atoms with Crippen molar-refractivity contribution in [1.82, 2.24) is 0 Å². The van der Waals surface area contributed by atoms with Gasteiger partial charge < -0.3 is 9.47 Å². The lowest BCUT2D eigenvalue weighted by atomic mass is 10.2. The molecule has 0 saturated heterocycles. The average molecular weight is 184 g/mol. The van der Waals surface area contributed by atoms with Crippen molar-refractivity contribution in [2.24, 2.45) is 0 Å². The van der Waals surface area contributed by atoms with Crippen LogP contribution in [0.3, 0.4) is 0 Å². The molecule has 0 saturated carbocycles. The third-order valence-electron chi connectivity index (χ3n) is 2.47. The number of ether oxygens (including phenoxy) is 2. The average Bonchev–Trinajstić information content (AvgIpc) is 2.62. The molecule has 0 aromatic heterocycles. The molecule has 0 heterocycles. The van der Waals surface area contributed by atoms with Crippen LogP contribution in [0.2, 0.25) is 0 Å². The summed E-state index contributed by atoms with van der Waals surface area (Å²) in [5.74, 6) is -0.395. The Hall–Kier alpha value is -0.340. The summed E-state index contributed by atoms with van der Waals surface area (Å²) in [6.45, 7) is 3.01. The number of allylic oxidation sites excluding steroid dienone is 1. The van der Waals surface area contributed by atoms with Crippen molar-refractivity contribution in [3.8, 4) is 0 Å². The highest BCUT2D eigenvalue weighted by Gasteiger charge is 2.29. The Kier molecular flexibility index (Phi) is 4.46. The second-order valence-corrected chi connectivity index (χ2v) is 3.51. The van der Waals surface area contributed by atoms with E-state index >= 15 is 0 Å². The first-order chi connectivity index (χ1) is 6.33. The first kappa shape index (κ1) is 10.7. The smallest absolute Gasteiger partial charge is 0.187 e. The maximum atomic E-state index is 5.73. The number of hydrogen-bond donors (Lipinski definition) is 0. The summed E-state index contributed by atoms with van der Waals surface area (Å²) in [6.07, 6.45) is 9.82. The standard InChI is InChI=1S/C11H20O2/c1-3-4-7-10-13-11(12-2)8-5-6-9-11/h5,8H,3-4,6-7,9-10H2,1-2H3. The molecule has 0 radical (unpaired) electrons. The third-order valence-corrected chi connectivity index (χ3v) is 2.47. The Morgan fingerprint density at radius 1 is 1.38 bits per heavy atom. The SMILES string of the molecule is CCCCCOC1(OC)C=CCC1. The molecule has 0 N–H and O–H groups in total. The van der Waals surface area contributed by atoms with Crippen LogP contribution in [0, 0.1) is 0 Å². The molecular formula is C11H20O2. The molecule has 1 rings (SSSR count). The van der Waals surface area contributed by atoms with Gasteiger partial charge in [0.1, 0.15) is 0 Å². The van der Waals surface area contributed by atoms with Gasteiger partial charge in [-0.15, -0.1) is 0 Å². The van der Waals surface area contributed by atoms with Crippen LogP contribution in [-0.4, -0.2) is 19.5 Å². The molecule has 0 amide bonds. The summed E-state index contributed by atoms with van der Waals surface area (Å²) in [5, 5.41) is 0. The molecule has 2 nitrogen and oxygen atoms in total. The molecule has 0 fully saturated rings. The molecule has 0 aliphatic heterocycles. The Labute approximate surface area is 80.9 Å². The van der Waals surface area contributed by atoms with Crippen molar-refractivity contribution in [3.05, 3.63) is 12.2 Å². The molecule has 0 aromatic rings. The Bertz CT molecular complexity index is 165. The lowest BCUT2D eigenvalue weighted by Gasteiger charge is -2.25. The molecule has 2 heteroatoms. The van der Waals surface area contributed by atoms with Crippen LogP contribution in [0.4, 0.5) is 0 Å². The zero-order valence-electron chi connectivity index (χ0n) is 8.71. The zero-order valence-corrected chi connectivity index (χ0v) is 8.71. The van der Waals surface area contributed by atoms with Gasteiger partial charge in [0.15, 0.2) is 5.79 Å². The Morgan fingerprint density at radius 2 is 2.23 bits per heavy atom. The highest BCUT2D eigenvalue weighted by atomic mass is 16.7. The molecule has 1 aliphatic rings. The fourth-order valence-electron chi connectivity index (χ4n) is 1.58. The van der Waals surface area contributed by atoms with Crippen LogP contribution < -0.4 is 0 Å². The molecule has 1 unspecified atom stereocenters. The second-order valence-electron chi connectivity index (χ2n) is 3.51. The normalized spacial score (nSPS) is 26.9. The summed E-state index contributed by atoms with van der Waals surface area (Å²) in [7, 11) is 1.72. The highest BCUT2D eigenvalue weighted by molar-refractivity contribution is 5.03. The van der Waals surface area contributed by atoms with Gasteiger partial charge in [-0.1, -0.05) is 25.8 Å². The first-order valence-corrected chi connectivity index (χ1v) is 5.20. The summed E-state index contributed by atoms with van der Waals surface area (Å²) < 4.78 is 11.1. The summed E-state index contributed by atoms with van der Waals surface area (Å²) >= 11 is 0. The zero-order chi connectivity index (χ0) is 9.57. The van der Waals surface area contributed by atoms with Crippen molar-refractivity contribution < 1.29 is 9.47 Å². The van der Waals surface area contributed by atoms with Gasteiger partial charge in [-0.3, -0.25) is 0 Å². The summed E-state index contributed by atoms with van der Waals surface area (Å²) in [5.41, 5.74) is 0. The molecule has 0 bridgehead atoms. The van der Waals surface area contributed by atoms with Crippen LogP contribution in [0.5, 0.6) is 0 Å². The minimum absolute atomic E-state index is 0.395. The van der Waals surface area contributed by atoms with E-state index in [9.17, 15) is 0 Å². The van der Waals surface area contributed by atoms with Crippen molar-refractivity contribution >= 4 is 0 Å². The van der Waals surface area contributed by atoms with Gasteiger partial charge in [0.2, 0.25) is 0 Å². The molecular weight excluding hydrogens is 164 g/mol. The molecule has 1 aliphatic carbocycles. The number of unbranched alkanes of at least 4 members (excludes halogenated alkanes) is 2. The van der Waals surface area contributed by atoms with E-state index in [4.69, 9.17) is 9.47 Å². The predicted octanol–water partition coefficient (Wildman–Crippen LogP) is 2.89. The van der Waals surface area contributed by atoms with Crippen LogP contribution >= 0.6 is 0 Å². The van der Waals surface area contributed by atoms with Crippen molar-refractivity contribution in [3.63, 3.8) is 0 Å². The van der Waals surface area contributed by atoms with E-state index in [-0.39, 0.29) is 0 Å². The van der Waals surface area contributed by atoms with Gasteiger partial charge in [0, 0.05) is 13.5 Å². The topological polar surface area (TPSA) is 18.5 Å². The van der Waals surface area contributed by atoms with E-state index in [1.807, 2.05) is 6.08 Å². The van der Waals surface area contributed by atoms with Crippen LogP contribution in [0.1, 0.15) is 39.0 Å². The van der Waals surface area contributed by atoms with E-state index in [0.29, 0.717) is 0 Å². The molecule has 76 valence electrons. The lowest BCUT2D eigenvalue weighted by molar-refractivity contribution is -0.187. The van der Waals surface area contributed by atoms with E-state index in [2.05, 4.69) is 13.0 Å². The Balaban J connectivity index is 2.20. The summed E-state index contributed by atoms with van der Waals surface area (Å²) in [4.78, 5) is 0. The van der Waals surface area contributed by atoms with Crippen molar-refractivity contribution in [2.45, 2.75) is 44.8 Å². The predicted molar refractivity (Wildman–Crippen MR) is 53.6 cm³/mol. The second kappa shape index (κ2) is 5.40. The first-order valence-electron chi connectivity index (χ1n) is 5.20. The largest absolute Gasteiger partial charge is 0.350 e. The molecule has 1 atom stereocenters. The fourth-order valence-corrected chi connectivity index (χ4v) is 1.58. The van der Waals surface area contributed by atoms with Gasteiger partial charge in [0.25, 0.3) is 0 Å². The fraction of sp³-hybridized carbons (Fsp3) is 0.818. The van der Waals surface area contributed by atoms with E-state index in [1.165, 1.54) is 12.8 Å². The van der Waals surface area contributed by atoms with Crippen LogP contribution in [-0.2, 0) is 9.47 Å². The van der Waals surface area contributed by atoms with Crippen molar-refractivity contribution in [1.29, 1.82) is 0 Å². The maximum absolute atomic E-state index is 5.73. The summed E-state index contributed by atoms with van der Waals surface area (Å²) in [6, 6.07) is 0. The lowest BCUT2D eigenvalue weighted by Crippen LogP contribution is -2.30. The van der Waals surface area contributed by atoms with Gasteiger partial charge in [-0.25, -0.2) is 0 Å². The Morgan fingerprint density at radius 3 is 2.77 bits per heavy atom. The van der Waals surface area contributed by atoms with Crippen LogP contribution in [0.25, 0.3) is 0 Å². The minimum Gasteiger partial charge on any atom is -0.350 e. The quantitative estimate of drug-likeness (QED) is 0.359. The maximum Gasteiger partial charge on any atom is 0.187 e. The molecule has 13 heavy (non-hydrogen) atoms. The number of hydrogen-bond acceptors (Lipinski definition) is 2. The molecule has 0 spiro atoms. The van der Waals surface area contributed by atoms with E-state index < -0.39 is 5.79 Å².